The molecule has 1 amide bonds. The Labute approximate surface area is 173 Å². The summed E-state index contributed by atoms with van der Waals surface area (Å²) in [5.74, 6) is 1.31. The minimum atomic E-state index is 0.0217. The molecule has 2 aliphatic rings. The van der Waals surface area contributed by atoms with Crippen LogP contribution in [-0.4, -0.2) is 59.7 Å². The van der Waals surface area contributed by atoms with Crippen molar-refractivity contribution < 1.29 is 14.3 Å². The van der Waals surface area contributed by atoms with Gasteiger partial charge in [-0.05, 0) is 35.7 Å². The molecule has 2 aliphatic heterocycles. The van der Waals surface area contributed by atoms with Gasteiger partial charge in [0.25, 0.3) is 5.91 Å². The van der Waals surface area contributed by atoms with Crippen LogP contribution in [0.2, 0.25) is 0 Å². The number of morpholine rings is 1. The lowest BCUT2D eigenvalue weighted by molar-refractivity contribution is -0.137. The van der Waals surface area contributed by atoms with E-state index in [1.54, 1.807) is 4.90 Å². The SMILES string of the molecule is CC(C)C1c2cccn2CCN1Cc1ccc(OCC(=O)N2CCOCC2)cc1. The maximum Gasteiger partial charge on any atom is 0.260 e. The Kier molecular flexibility index (Phi) is 6.21. The third-order valence-corrected chi connectivity index (χ3v) is 5.86. The van der Waals surface area contributed by atoms with Crippen LogP contribution in [-0.2, 0) is 22.6 Å². The molecule has 1 unspecified atom stereocenters. The van der Waals surface area contributed by atoms with E-state index in [1.165, 1.54) is 11.3 Å². The van der Waals surface area contributed by atoms with Crippen molar-refractivity contribution >= 4 is 5.91 Å². The molecule has 0 spiro atoms. The zero-order chi connectivity index (χ0) is 20.2. The fourth-order valence-corrected chi connectivity index (χ4v) is 4.38. The smallest absolute Gasteiger partial charge is 0.260 e. The molecule has 6 nitrogen and oxygen atoms in total. The zero-order valence-electron chi connectivity index (χ0n) is 17.4. The van der Waals surface area contributed by atoms with Crippen LogP contribution >= 0.6 is 0 Å². The Balaban J connectivity index is 1.34. The number of benzene rings is 1. The summed E-state index contributed by atoms with van der Waals surface area (Å²) in [5, 5.41) is 0. The van der Waals surface area contributed by atoms with Crippen LogP contribution in [0.25, 0.3) is 0 Å². The lowest BCUT2D eigenvalue weighted by atomic mass is 9.96. The predicted octanol–water partition coefficient (Wildman–Crippen LogP) is 2.94. The number of rotatable bonds is 6. The third kappa shape index (κ3) is 4.65. The normalized spacial score (nSPS) is 20.0. The molecule has 1 fully saturated rings. The first-order chi connectivity index (χ1) is 14.1. The van der Waals surface area contributed by atoms with Gasteiger partial charge in [-0.1, -0.05) is 26.0 Å². The molecule has 0 bridgehead atoms. The highest BCUT2D eigenvalue weighted by Gasteiger charge is 2.29. The molecule has 29 heavy (non-hydrogen) atoms. The van der Waals surface area contributed by atoms with E-state index in [2.05, 4.69) is 53.8 Å². The molecule has 0 radical (unpaired) electrons. The van der Waals surface area contributed by atoms with Crippen LogP contribution in [0.15, 0.2) is 42.6 Å². The van der Waals surface area contributed by atoms with E-state index in [4.69, 9.17) is 9.47 Å². The second-order valence-electron chi connectivity index (χ2n) is 8.21. The van der Waals surface area contributed by atoms with Crippen LogP contribution in [0.4, 0.5) is 0 Å². The van der Waals surface area contributed by atoms with E-state index in [9.17, 15) is 4.79 Å². The van der Waals surface area contributed by atoms with Crippen LogP contribution in [0.1, 0.15) is 31.1 Å². The van der Waals surface area contributed by atoms with Crippen molar-refractivity contribution in [2.75, 3.05) is 39.5 Å². The van der Waals surface area contributed by atoms with Crippen molar-refractivity contribution in [1.82, 2.24) is 14.4 Å². The summed E-state index contributed by atoms with van der Waals surface area (Å²) in [6, 6.07) is 13.0. The lowest BCUT2D eigenvalue weighted by Gasteiger charge is -2.39. The number of amides is 1. The van der Waals surface area contributed by atoms with Gasteiger partial charge >= 0.3 is 0 Å². The maximum absolute atomic E-state index is 12.2. The number of fused-ring (bicyclic) bond motifs is 1. The van der Waals surface area contributed by atoms with E-state index >= 15 is 0 Å². The van der Waals surface area contributed by atoms with Gasteiger partial charge in [0.2, 0.25) is 0 Å². The standard InChI is InChI=1S/C23H31N3O3/c1-18(2)23-21-4-3-9-24(21)10-11-26(23)16-19-5-7-20(8-6-19)29-17-22(27)25-12-14-28-15-13-25/h3-9,18,23H,10-17H2,1-2H3. The number of carbonyl (C=O) groups excluding carboxylic acids is 1. The molecular formula is C23H31N3O3. The summed E-state index contributed by atoms with van der Waals surface area (Å²) in [4.78, 5) is 16.6. The predicted molar refractivity (Wildman–Crippen MR) is 112 cm³/mol. The molecule has 0 saturated carbocycles. The maximum atomic E-state index is 12.2. The van der Waals surface area contributed by atoms with Crippen LogP contribution < -0.4 is 4.74 Å². The van der Waals surface area contributed by atoms with E-state index in [0.29, 0.717) is 38.3 Å². The van der Waals surface area contributed by atoms with Gasteiger partial charge in [0.1, 0.15) is 5.75 Å². The summed E-state index contributed by atoms with van der Waals surface area (Å²) in [5.41, 5.74) is 2.68. The second kappa shape index (κ2) is 9.01. The number of aromatic nitrogens is 1. The van der Waals surface area contributed by atoms with E-state index in [1.807, 2.05) is 12.1 Å². The molecule has 0 N–H and O–H groups in total. The highest BCUT2D eigenvalue weighted by atomic mass is 16.5. The Morgan fingerprint density at radius 2 is 1.86 bits per heavy atom. The van der Waals surface area contributed by atoms with Crippen LogP contribution in [0, 0.1) is 5.92 Å². The van der Waals surface area contributed by atoms with Gasteiger partial charge in [-0.3, -0.25) is 9.69 Å². The molecule has 6 heteroatoms. The Morgan fingerprint density at radius 3 is 2.59 bits per heavy atom. The van der Waals surface area contributed by atoms with Crippen molar-refractivity contribution in [2.24, 2.45) is 5.92 Å². The van der Waals surface area contributed by atoms with Gasteiger partial charge in [-0.15, -0.1) is 0 Å². The molecule has 1 saturated heterocycles. The largest absolute Gasteiger partial charge is 0.484 e. The van der Waals surface area contributed by atoms with Crippen LogP contribution in [0.5, 0.6) is 5.75 Å². The average Bonchev–Trinajstić information content (AvgIpc) is 3.22. The molecule has 2 aromatic rings. The van der Waals surface area contributed by atoms with Gasteiger partial charge < -0.3 is 18.9 Å². The van der Waals surface area contributed by atoms with Gasteiger partial charge in [0.15, 0.2) is 6.61 Å². The van der Waals surface area contributed by atoms with Gasteiger partial charge in [0, 0.05) is 44.6 Å². The average molecular weight is 398 g/mol. The molecular weight excluding hydrogens is 366 g/mol. The van der Waals surface area contributed by atoms with Crippen molar-refractivity contribution in [3.63, 3.8) is 0 Å². The minimum Gasteiger partial charge on any atom is -0.484 e. The molecule has 1 atom stereocenters. The van der Waals surface area contributed by atoms with Gasteiger partial charge in [-0.2, -0.15) is 0 Å². The number of carbonyl (C=O) groups is 1. The summed E-state index contributed by atoms with van der Waals surface area (Å²) >= 11 is 0. The summed E-state index contributed by atoms with van der Waals surface area (Å²) < 4.78 is 13.4. The van der Waals surface area contributed by atoms with Crippen LogP contribution in [0.3, 0.4) is 0 Å². The van der Waals surface area contributed by atoms with E-state index < -0.39 is 0 Å². The van der Waals surface area contributed by atoms with E-state index in [-0.39, 0.29) is 12.5 Å². The fraction of sp³-hybridized carbons (Fsp3) is 0.522. The second-order valence-corrected chi connectivity index (χ2v) is 8.21. The Bertz CT molecular complexity index is 809. The first-order valence-corrected chi connectivity index (χ1v) is 10.6. The molecule has 4 rings (SSSR count). The number of nitrogens with zero attached hydrogens (tertiary/aromatic N) is 3. The minimum absolute atomic E-state index is 0.0217. The number of hydrogen-bond donors (Lipinski definition) is 0. The molecule has 156 valence electrons. The van der Waals surface area contributed by atoms with Crippen molar-refractivity contribution in [3.8, 4) is 5.75 Å². The topological polar surface area (TPSA) is 46.9 Å². The molecule has 0 aliphatic carbocycles. The Morgan fingerprint density at radius 1 is 1.10 bits per heavy atom. The van der Waals surface area contributed by atoms with Crippen molar-refractivity contribution in [2.45, 2.75) is 33.0 Å². The summed E-state index contributed by atoms with van der Waals surface area (Å²) in [6.45, 7) is 10.2. The molecule has 3 heterocycles. The molecule has 1 aromatic carbocycles. The lowest BCUT2D eigenvalue weighted by Crippen LogP contribution is -2.42. The first kappa shape index (κ1) is 20.0. The third-order valence-electron chi connectivity index (χ3n) is 5.86. The fourth-order valence-electron chi connectivity index (χ4n) is 4.38. The van der Waals surface area contributed by atoms with Crippen molar-refractivity contribution in [1.29, 1.82) is 0 Å². The number of ether oxygens (including phenoxy) is 2. The monoisotopic (exact) mass is 397 g/mol. The number of hydrogen-bond acceptors (Lipinski definition) is 4. The highest BCUT2D eigenvalue weighted by Crippen LogP contribution is 2.33. The Hall–Kier alpha value is -2.31. The van der Waals surface area contributed by atoms with Gasteiger partial charge in [-0.25, -0.2) is 0 Å². The van der Waals surface area contributed by atoms with Gasteiger partial charge in [0.05, 0.1) is 19.3 Å². The van der Waals surface area contributed by atoms with E-state index in [0.717, 1.165) is 25.4 Å². The van der Waals surface area contributed by atoms with Crippen molar-refractivity contribution in [3.05, 3.63) is 53.9 Å². The summed E-state index contributed by atoms with van der Waals surface area (Å²) in [6.07, 6.45) is 2.19. The summed E-state index contributed by atoms with van der Waals surface area (Å²) in [7, 11) is 0. The first-order valence-electron chi connectivity index (χ1n) is 10.6. The zero-order valence-corrected chi connectivity index (χ0v) is 17.4. The highest BCUT2D eigenvalue weighted by molar-refractivity contribution is 5.77. The molecule has 1 aromatic heterocycles. The quantitative estimate of drug-likeness (QED) is 0.752.